The van der Waals surface area contributed by atoms with Crippen molar-refractivity contribution in [3.63, 3.8) is 0 Å². The molecule has 8 heteroatoms. The lowest BCUT2D eigenvalue weighted by Gasteiger charge is -2.21. The molecule has 19 heavy (non-hydrogen) atoms. The van der Waals surface area contributed by atoms with Crippen LogP contribution in [0, 0.1) is 0 Å². The molecule has 2 rings (SSSR count). The van der Waals surface area contributed by atoms with Crippen molar-refractivity contribution in [2.24, 2.45) is 0 Å². The van der Waals surface area contributed by atoms with E-state index in [1.54, 1.807) is 12.5 Å². The van der Waals surface area contributed by atoms with Gasteiger partial charge in [-0.25, -0.2) is 13.4 Å². The van der Waals surface area contributed by atoms with E-state index >= 15 is 0 Å². The second-order valence-electron chi connectivity index (χ2n) is 4.65. The minimum Gasteiger partial charge on any atom is -0.354 e. The molecule has 0 aromatic carbocycles. The molecule has 1 aromatic heterocycles. The van der Waals surface area contributed by atoms with Crippen LogP contribution in [0.1, 0.15) is 18.5 Å². The first-order valence-electron chi connectivity index (χ1n) is 6.20. The van der Waals surface area contributed by atoms with Gasteiger partial charge in [0.25, 0.3) is 0 Å². The van der Waals surface area contributed by atoms with E-state index < -0.39 is 16.1 Å². The summed E-state index contributed by atoms with van der Waals surface area (Å²) in [5, 5.41) is 2.77. The molecule has 0 bridgehead atoms. The van der Waals surface area contributed by atoms with Crippen LogP contribution in [0.5, 0.6) is 0 Å². The molecule has 0 aliphatic carbocycles. The number of sulfonamides is 1. The number of carbonyl (C=O) groups is 1. The Hall–Kier alpha value is -1.41. The average Bonchev–Trinajstić information content (AvgIpc) is 2.98. The maximum Gasteiger partial charge on any atom is 0.238 e. The normalized spacial score (nSPS) is 20.6. The van der Waals surface area contributed by atoms with Crippen molar-refractivity contribution in [2.75, 3.05) is 19.3 Å². The summed E-state index contributed by atoms with van der Waals surface area (Å²) >= 11 is 0. The zero-order valence-electron chi connectivity index (χ0n) is 10.8. The molecule has 2 N–H and O–H groups in total. The number of aromatic amines is 1. The summed E-state index contributed by atoms with van der Waals surface area (Å²) in [5.41, 5.74) is 0.937. The second-order valence-corrected chi connectivity index (χ2v) is 6.58. The van der Waals surface area contributed by atoms with E-state index in [4.69, 9.17) is 0 Å². The Labute approximate surface area is 112 Å². The smallest absolute Gasteiger partial charge is 0.238 e. The number of imidazole rings is 1. The molecular formula is C11H18N4O3S. The molecule has 1 atom stereocenters. The van der Waals surface area contributed by atoms with Gasteiger partial charge in [-0.1, -0.05) is 0 Å². The summed E-state index contributed by atoms with van der Waals surface area (Å²) in [6.45, 7) is 0.895. The van der Waals surface area contributed by atoms with Gasteiger partial charge >= 0.3 is 0 Å². The number of nitrogens with zero attached hydrogens (tertiary/aromatic N) is 2. The molecule has 1 amide bonds. The Bertz CT molecular complexity index is 526. The topological polar surface area (TPSA) is 95.2 Å². The van der Waals surface area contributed by atoms with E-state index in [1.807, 2.05) is 0 Å². The quantitative estimate of drug-likeness (QED) is 0.762. The van der Waals surface area contributed by atoms with Gasteiger partial charge < -0.3 is 10.3 Å². The lowest BCUT2D eigenvalue weighted by atomic mass is 10.2. The van der Waals surface area contributed by atoms with Crippen LogP contribution in [0.25, 0.3) is 0 Å². The van der Waals surface area contributed by atoms with Gasteiger partial charge in [-0.15, -0.1) is 0 Å². The Balaban J connectivity index is 1.85. The highest BCUT2D eigenvalue weighted by atomic mass is 32.2. The van der Waals surface area contributed by atoms with Gasteiger partial charge in [0.15, 0.2) is 0 Å². The number of carbonyl (C=O) groups excluding carboxylic acids is 1. The van der Waals surface area contributed by atoms with Crippen LogP contribution in [0.2, 0.25) is 0 Å². The summed E-state index contributed by atoms with van der Waals surface area (Å²) < 4.78 is 24.4. The van der Waals surface area contributed by atoms with Crippen LogP contribution in [0.15, 0.2) is 12.5 Å². The molecule has 1 saturated heterocycles. The van der Waals surface area contributed by atoms with E-state index in [0.29, 0.717) is 25.9 Å². The monoisotopic (exact) mass is 286 g/mol. The molecule has 1 aliphatic rings. The molecular weight excluding hydrogens is 268 g/mol. The fraction of sp³-hybridized carbons (Fsp3) is 0.636. The predicted octanol–water partition coefficient (Wildman–Crippen LogP) is -0.508. The third-order valence-electron chi connectivity index (χ3n) is 3.18. The van der Waals surface area contributed by atoms with Gasteiger partial charge in [-0.05, 0) is 12.8 Å². The van der Waals surface area contributed by atoms with Crippen molar-refractivity contribution in [3.8, 4) is 0 Å². The molecule has 0 saturated carbocycles. The molecule has 1 fully saturated rings. The number of nitrogens with one attached hydrogen (secondary N) is 2. The van der Waals surface area contributed by atoms with Gasteiger partial charge in [0, 0.05) is 31.4 Å². The standard InChI is InChI=1S/C11H18N4O3S/c1-19(17,18)15-6-2-3-10(15)11(16)13-5-4-9-7-12-8-14-9/h7-8,10H,2-6H2,1H3,(H,12,14)(H,13,16). The Morgan fingerprint density at radius 1 is 1.63 bits per heavy atom. The van der Waals surface area contributed by atoms with Crippen LogP contribution in [-0.4, -0.2) is 54.0 Å². The highest BCUT2D eigenvalue weighted by molar-refractivity contribution is 7.88. The van der Waals surface area contributed by atoms with Crippen LogP contribution in [0.4, 0.5) is 0 Å². The Kier molecular flexibility index (Phi) is 4.20. The van der Waals surface area contributed by atoms with Crippen molar-refractivity contribution in [3.05, 3.63) is 18.2 Å². The highest BCUT2D eigenvalue weighted by Crippen LogP contribution is 2.20. The highest BCUT2D eigenvalue weighted by Gasteiger charge is 2.36. The van der Waals surface area contributed by atoms with Crippen molar-refractivity contribution in [2.45, 2.75) is 25.3 Å². The minimum absolute atomic E-state index is 0.220. The number of H-pyrrole nitrogens is 1. The lowest BCUT2D eigenvalue weighted by Crippen LogP contribution is -2.45. The maximum atomic E-state index is 12.0. The van der Waals surface area contributed by atoms with Gasteiger partial charge in [0.2, 0.25) is 15.9 Å². The number of hydrogen-bond acceptors (Lipinski definition) is 4. The molecule has 2 heterocycles. The SMILES string of the molecule is CS(=O)(=O)N1CCCC1C(=O)NCCc1cnc[nH]1. The summed E-state index contributed by atoms with van der Waals surface area (Å²) in [4.78, 5) is 18.8. The Morgan fingerprint density at radius 3 is 3.05 bits per heavy atom. The number of hydrogen-bond donors (Lipinski definition) is 2. The number of amides is 1. The van der Waals surface area contributed by atoms with Crippen molar-refractivity contribution < 1.29 is 13.2 Å². The first kappa shape index (κ1) is 14.0. The average molecular weight is 286 g/mol. The Morgan fingerprint density at radius 2 is 2.42 bits per heavy atom. The van der Waals surface area contributed by atoms with Crippen LogP contribution in [0.3, 0.4) is 0 Å². The van der Waals surface area contributed by atoms with Crippen molar-refractivity contribution >= 4 is 15.9 Å². The van der Waals surface area contributed by atoms with E-state index in [9.17, 15) is 13.2 Å². The largest absolute Gasteiger partial charge is 0.354 e. The summed E-state index contributed by atoms with van der Waals surface area (Å²) in [6.07, 6.45) is 6.39. The molecule has 0 radical (unpaired) electrons. The van der Waals surface area contributed by atoms with Gasteiger partial charge in [-0.2, -0.15) is 4.31 Å². The maximum absolute atomic E-state index is 12.0. The van der Waals surface area contributed by atoms with Gasteiger partial charge in [0.05, 0.1) is 12.6 Å². The third-order valence-corrected chi connectivity index (χ3v) is 4.47. The van der Waals surface area contributed by atoms with E-state index in [-0.39, 0.29) is 5.91 Å². The summed E-state index contributed by atoms with van der Waals surface area (Å²) in [6, 6.07) is -0.559. The molecule has 0 spiro atoms. The number of rotatable bonds is 5. The van der Waals surface area contributed by atoms with E-state index in [2.05, 4.69) is 15.3 Å². The number of aromatic nitrogens is 2. The van der Waals surface area contributed by atoms with Crippen LogP contribution < -0.4 is 5.32 Å². The van der Waals surface area contributed by atoms with E-state index in [0.717, 1.165) is 18.4 Å². The van der Waals surface area contributed by atoms with Gasteiger partial charge in [0.1, 0.15) is 6.04 Å². The first-order chi connectivity index (χ1) is 8.98. The minimum atomic E-state index is -3.31. The van der Waals surface area contributed by atoms with E-state index in [1.165, 1.54) is 4.31 Å². The fourth-order valence-corrected chi connectivity index (χ4v) is 3.38. The summed E-state index contributed by atoms with van der Waals surface area (Å²) in [7, 11) is -3.31. The van der Waals surface area contributed by atoms with Crippen LogP contribution in [-0.2, 0) is 21.2 Å². The molecule has 1 unspecified atom stereocenters. The fourth-order valence-electron chi connectivity index (χ4n) is 2.26. The third kappa shape index (κ3) is 3.54. The van der Waals surface area contributed by atoms with Crippen LogP contribution >= 0.6 is 0 Å². The zero-order valence-corrected chi connectivity index (χ0v) is 11.6. The van der Waals surface area contributed by atoms with Crippen molar-refractivity contribution in [1.82, 2.24) is 19.6 Å². The summed E-state index contributed by atoms with van der Waals surface area (Å²) in [5.74, 6) is -0.220. The first-order valence-corrected chi connectivity index (χ1v) is 8.05. The molecule has 106 valence electrons. The zero-order chi connectivity index (χ0) is 13.9. The molecule has 1 aliphatic heterocycles. The lowest BCUT2D eigenvalue weighted by molar-refractivity contribution is -0.124. The molecule has 7 nitrogen and oxygen atoms in total. The van der Waals surface area contributed by atoms with Gasteiger partial charge in [-0.3, -0.25) is 4.79 Å². The molecule has 1 aromatic rings. The predicted molar refractivity (Wildman–Crippen MR) is 69.9 cm³/mol. The second kappa shape index (κ2) is 5.70. The van der Waals surface area contributed by atoms with Crippen molar-refractivity contribution in [1.29, 1.82) is 0 Å².